The average molecular weight is 281 g/mol. The van der Waals surface area contributed by atoms with Crippen LogP contribution in [0.2, 0.25) is 0 Å². The van der Waals surface area contributed by atoms with E-state index in [0.717, 1.165) is 28.2 Å². The lowest BCUT2D eigenvalue weighted by atomic mass is 9.96. The Hall–Kier alpha value is -2.43. The molecule has 0 fully saturated rings. The molecule has 0 spiro atoms. The maximum atomic E-state index is 4.64. The zero-order chi connectivity index (χ0) is 14.9. The number of rotatable bonds is 3. The minimum atomic E-state index is 0.0214. The fourth-order valence-corrected chi connectivity index (χ4v) is 2.09. The third-order valence-electron chi connectivity index (χ3n) is 3.31. The van der Waals surface area contributed by atoms with Gasteiger partial charge in [0.2, 0.25) is 0 Å². The molecule has 0 bridgehead atoms. The van der Waals surface area contributed by atoms with Crippen LogP contribution in [0.5, 0.6) is 0 Å². The summed E-state index contributed by atoms with van der Waals surface area (Å²) in [5.74, 6) is 1.01. The summed E-state index contributed by atoms with van der Waals surface area (Å²) in [6.07, 6.45) is 3.31. The Morgan fingerprint density at radius 1 is 1.19 bits per heavy atom. The van der Waals surface area contributed by atoms with E-state index in [2.05, 4.69) is 52.1 Å². The van der Waals surface area contributed by atoms with Gasteiger partial charge >= 0.3 is 0 Å². The van der Waals surface area contributed by atoms with Gasteiger partial charge in [-0.1, -0.05) is 20.8 Å². The zero-order valence-electron chi connectivity index (χ0n) is 12.5. The van der Waals surface area contributed by atoms with Crippen LogP contribution in [0.3, 0.4) is 0 Å². The number of fused-ring (bicyclic) bond motifs is 1. The first kappa shape index (κ1) is 13.5. The molecule has 1 aromatic carbocycles. The van der Waals surface area contributed by atoms with Crippen LogP contribution in [-0.4, -0.2) is 19.9 Å². The number of aromatic nitrogens is 4. The molecule has 5 heteroatoms. The van der Waals surface area contributed by atoms with E-state index in [1.807, 2.05) is 18.2 Å². The lowest BCUT2D eigenvalue weighted by Gasteiger charge is -2.13. The molecule has 0 aliphatic carbocycles. The quantitative estimate of drug-likeness (QED) is 0.773. The van der Waals surface area contributed by atoms with Crippen LogP contribution < -0.4 is 5.32 Å². The summed E-state index contributed by atoms with van der Waals surface area (Å²) in [5, 5.41) is 3.36. The molecule has 0 aliphatic rings. The van der Waals surface area contributed by atoms with Crippen molar-refractivity contribution in [1.29, 1.82) is 0 Å². The average Bonchev–Trinajstić information content (AvgIpc) is 2.89. The van der Waals surface area contributed by atoms with Gasteiger partial charge in [-0.05, 0) is 24.3 Å². The molecule has 0 aliphatic heterocycles. The number of aromatic amines is 1. The van der Waals surface area contributed by atoms with E-state index in [0.29, 0.717) is 6.54 Å². The molecule has 0 radical (unpaired) electrons. The molecule has 21 heavy (non-hydrogen) atoms. The van der Waals surface area contributed by atoms with Gasteiger partial charge in [0, 0.05) is 17.3 Å². The smallest absolute Gasteiger partial charge is 0.115 e. The SMILES string of the molecule is CC(C)(C)c1nc2ccc(NCc3ccncn3)cc2[nH]1. The summed E-state index contributed by atoms with van der Waals surface area (Å²) in [5.41, 5.74) is 4.07. The molecule has 3 rings (SSSR count). The van der Waals surface area contributed by atoms with Gasteiger partial charge in [0.25, 0.3) is 0 Å². The lowest BCUT2D eigenvalue weighted by molar-refractivity contribution is 0.554. The van der Waals surface area contributed by atoms with Crippen molar-refractivity contribution in [3.63, 3.8) is 0 Å². The predicted molar refractivity (Wildman–Crippen MR) is 84.2 cm³/mol. The van der Waals surface area contributed by atoms with E-state index < -0.39 is 0 Å². The van der Waals surface area contributed by atoms with Crippen LogP contribution >= 0.6 is 0 Å². The highest BCUT2D eigenvalue weighted by molar-refractivity contribution is 5.79. The van der Waals surface area contributed by atoms with Gasteiger partial charge in [-0.15, -0.1) is 0 Å². The molecule has 5 nitrogen and oxygen atoms in total. The number of benzene rings is 1. The van der Waals surface area contributed by atoms with Gasteiger partial charge in [-0.25, -0.2) is 15.0 Å². The number of nitrogens with zero attached hydrogens (tertiary/aromatic N) is 3. The van der Waals surface area contributed by atoms with Gasteiger partial charge in [-0.2, -0.15) is 0 Å². The van der Waals surface area contributed by atoms with Crippen molar-refractivity contribution in [1.82, 2.24) is 19.9 Å². The van der Waals surface area contributed by atoms with Gasteiger partial charge in [0.1, 0.15) is 12.2 Å². The maximum Gasteiger partial charge on any atom is 0.115 e. The van der Waals surface area contributed by atoms with Crippen LogP contribution in [0.1, 0.15) is 32.3 Å². The number of imidazole rings is 1. The monoisotopic (exact) mass is 281 g/mol. The molecule has 0 amide bonds. The van der Waals surface area contributed by atoms with E-state index in [1.165, 1.54) is 0 Å². The fraction of sp³-hybridized carbons (Fsp3) is 0.312. The molecule has 2 aromatic heterocycles. The summed E-state index contributed by atoms with van der Waals surface area (Å²) in [6.45, 7) is 7.13. The minimum Gasteiger partial charge on any atom is -0.379 e. The van der Waals surface area contributed by atoms with Gasteiger partial charge < -0.3 is 10.3 Å². The van der Waals surface area contributed by atoms with Crippen LogP contribution in [-0.2, 0) is 12.0 Å². The summed E-state index contributed by atoms with van der Waals surface area (Å²) in [7, 11) is 0. The second-order valence-electron chi connectivity index (χ2n) is 6.12. The second kappa shape index (κ2) is 5.16. The molecule has 0 atom stereocenters. The van der Waals surface area contributed by atoms with E-state index >= 15 is 0 Å². The Balaban J connectivity index is 1.81. The van der Waals surface area contributed by atoms with Crippen molar-refractivity contribution in [3.05, 3.63) is 48.3 Å². The first-order valence-electron chi connectivity index (χ1n) is 7.01. The highest BCUT2D eigenvalue weighted by Crippen LogP contribution is 2.24. The number of nitrogens with one attached hydrogen (secondary N) is 2. The molecule has 0 unspecified atom stereocenters. The maximum absolute atomic E-state index is 4.64. The Kier molecular flexibility index (Phi) is 3.33. The Morgan fingerprint density at radius 3 is 2.76 bits per heavy atom. The summed E-state index contributed by atoms with van der Waals surface area (Å²) >= 11 is 0. The number of hydrogen-bond donors (Lipinski definition) is 2. The number of H-pyrrole nitrogens is 1. The molecule has 0 saturated heterocycles. The molecule has 2 heterocycles. The summed E-state index contributed by atoms with van der Waals surface area (Å²) in [6, 6.07) is 8.05. The molecular weight excluding hydrogens is 262 g/mol. The number of hydrogen-bond acceptors (Lipinski definition) is 4. The van der Waals surface area contributed by atoms with Gasteiger partial charge in [0.05, 0.1) is 23.3 Å². The Bertz CT molecular complexity index is 740. The lowest BCUT2D eigenvalue weighted by Crippen LogP contribution is -2.12. The second-order valence-corrected chi connectivity index (χ2v) is 6.12. The third-order valence-corrected chi connectivity index (χ3v) is 3.31. The van der Waals surface area contributed by atoms with Crippen LogP contribution in [0.4, 0.5) is 5.69 Å². The summed E-state index contributed by atoms with van der Waals surface area (Å²) in [4.78, 5) is 16.2. The normalized spacial score (nSPS) is 11.8. The van der Waals surface area contributed by atoms with Crippen molar-refractivity contribution in [3.8, 4) is 0 Å². The highest BCUT2D eigenvalue weighted by Gasteiger charge is 2.18. The largest absolute Gasteiger partial charge is 0.379 e. The predicted octanol–water partition coefficient (Wildman–Crippen LogP) is 3.26. The van der Waals surface area contributed by atoms with Crippen LogP contribution in [0.15, 0.2) is 36.8 Å². The van der Waals surface area contributed by atoms with Crippen molar-refractivity contribution in [2.75, 3.05) is 5.32 Å². The fourth-order valence-electron chi connectivity index (χ4n) is 2.09. The minimum absolute atomic E-state index is 0.0214. The molecule has 3 aromatic rings. The van der Waals surface area contributed by atoms with E-state index in [4.69, 9.17) is 0 Å². The first-order chi connectivity index (χ1) is 10.0. The Labute approximate surface area is 123 Å². The number of anilines is 1. The van der Waals surface area contributed by atoms with Crippen LogP contribution in [0.25, 0.3) is 11.0 Å². The standard InChI is InChI=1S/C16H19N5/c1-16(2,3)15-20-13-5-4-11(8-14(13)21-15)18-9-12-6-7-17-10-19-12/h4-8,10,18H,9H2,1-3H3,(H,20,21). The summed E-state index contributed by atoms with van der Waals surface area (Å²) < 4.78 is 0. The van der Waals surface area contributed by atoms with E-state index in [1.54, 1.807) is 12.5 Å². The van der Waals surface area contributed by atoms with Gasteiger partial charge in [-0.3, -0.25) is 0 Å². The van der Waals surface area contributed by atoms with Gasteiger partial charge in [0.15, 0.2) is 0 Å². The van der Waals surface area contributed by atoms with E-state index in [9.17, 15) is 0 Å². The Morgan fingerprint density at radius 2 is 2.05 bits per heavy atom. The van der Waals surface area contributed by atoms with Crippen molar-refractivity contribution in [2.24, 2.45) is 0 Å². The molecule has 108 valence electrons. The zero-order valence-corrected chi connectivity index (χ0v) is 12.5. The van der Waals surface area contributed by atoms with Crippen molar-refractivity contribution in [2.45, 2.75) is 32.7 Å². The van der Waals surface area contributed by atoms with Crippen molar-refractivity contribution >= 4 is 16.7 Å². The van der Waals surface area contributed by atoms with E-state index in [-0.39, 0.29) is 5.41 Å². The topological polar surface area (TPSA) is 66.5 Å². The molecule has 2 N–H and O–H groups in total. The first-order valence-corrected chi connectivity index (χ1v) is 7.01. The third kappa shape index (κ3) is 3.02. The van der Waals surface area contributed by atoms with Crippen molar-refractivity contribution < 1.29 is 0 Å². The highest BCUT2D eigenvalue weighted by atomic mass is 15.0. The van der Waals surface area contributed by atoms with Crippen LogP contribution in [0, 0.1) is 0 Å². The molecular formula is C16H19N5. The molecule has 0 saturated carbocycles.